The van der Waals surface area contributed by atoms with Gasteiger partial charge in [0.15, 0.2) is 5.82 Å². The predicted molar refractivity (Wildman–Crippen MR) is 113 cm³/mol. The largest absolute Gasteiger partial charge is 0.494 e. The first-order valence-electron chi connectivity index (χ1n) is 10.1. The summed E-state index contributed by atoms with van der Waals surface area (Å²) < 4.78 is 33.3. The van der Waals surface area contributed by atoms with E-state index < -0.39 is 23.1 Å². The van der Waals surface area contributed by atoms with Crippen LogP contribution in [-0.4, -0.2) is 53.8 Å². The van der Waals surface area contributed by atoms with Gasteiger partial charge in [-0.05, 0) is 55.5 Å². The molecule has 160 valence electrons. The topological polar surface area (TPSA) is 58.6 Å². The number of hydrogen-bond acceptors (Lipinski definition) is 5. The van der Waals surface area contributed by atoms with Crippen LogP contribution >= 0.6 is 0 Å². The zero-order chi connectivity index (χ0) is 21.8. The number of aromatic nitrogens is 2. The standard InChI is InChI=1S/C23H22F2N4O2/c1-2-31-17-8-6-16(7-9-17)20-10-11-21(27-26-20)28-12-14-29(15-13-28)23(30)22-18(24)4-3-5-19(22)25/h3-11H,2,12-15H2,1H3. The van der Waals surface area contributed by atoms with E-state index in [1.807, 2.05) is 48.2 Å². The van der Waals surface area contributed by atoms with Gasteiger partial charge < -0.3 is 14.5 Å². The van der Waals surface area contributed by atoms with Crippen molar-refractivity contribution >= 4 is 11.7 Å². The molecule has 6 nitrogen and oxygen atoms in total. The maximum atomic E-state index is 13.9. The highest BCUT2D eigenvalue weighted by Crippen LogP contribution is 2.23. The van der Waals surface area contributed by atoms with Crippen LogP contribution in [0.15, 0.2) is 54.6 Å². The average molecular weight is 424 g/mol. The molecule has 3 aromatic rings. The minimum atomic E-state index is -0.844. The molecule has 0 aliphatic carbocycles. The number of carbonyl (C=O) groups is 1. The van der Waals surface area contributed by atoms with Gasteiger partial charge in [0.2, 0.25) is 0 Å². The van der Waals surface area contributed by atoms with Gasteiger partial charge in [-0.2, -0.15) is 0 Å². The number of hydrogen-bond donors (Lipinski definition) is 0. The minimum absolute atomic E-state index is 0.342. The second kappa shape index (κ2) is 9.07. The number of halogens is 2. The summed E-state index contributed by atoms with van der Waals surface area (Å²) in [4.78, 5) is 16.0. The van der Waals surface area contributed by atoms with E-state index in [0.717, 1.165) is 29.1 Å². The van der Waals surface area contributed by atoms with Gasteiger partial charge in [0.1, 0.15) is 22.9 Å². The van der Waals surface area contributed by atoms with Crippen molar-refractivity contribution in [1.82, 2.24) is 15.1 Å². The van der Waals surface area contributed by atoms with Crippen molar-refractivity contribution in [3.8, 4) is 17.0 Å². The van der Waals surface area contributed by atoms with Crippen molar-refractivity contribution in [2.45, 2.75) is 6.92 Å². The first-order chi connectivity index (χ1) is 15.1. The summed E-state index contributed by atoms with van der Waals surface area (Å²) in [7, 11) is 0. The van der Waals surface area contributed by atoms with Crippen molar-refractivity contribution in [1.29, 1.82) is 0 Å². The molecule has 4 rings (SSSR count). The van der Waals surface area contributed by atoms with E-state index in [9.17, 15) is 13.6 Å². The first-order valence-corrected chi connectivity index (χ1v) is 10.1. The normalized spacial score (nSPS) is 13.9. The van der Waals surface area contributed by atoms with Crippen LogP contribution in [0.3, 0.4) is 0 Å². The van der Waals surface area contributed by atoms with Crippen molar-refractivity contribution < 1.29 is 18.3 Å². The molecule has 0 bridgehead atoms. The highest BCUT2D eigenvalue weighted by atomic mass is 19.1. The van der Waals surface area contributed by atoms with E-state index in [2.05, 4.69) is 10.2 Å². The van der Waals surface area contributed by atoms with Gasteiger partial charge in [0, 0.05) is 31.7 Å². The number of carbonyl (C=O) groups excluding carboxylic acids is 1. The summed E-state index contributed by atoms with van der Waals surface area (Å²) in [5.41, 5.74) is 1.18. The van der Waals surface area contributed by atoms with Crippen molar-refractivity contribution in [2.24, 2.45) is 0 Å². The van der Waals surface area contributed by atoms with Crippen molar-refractivity contribution in [3.63, 3.8) is 0 Å². The summed E-state index contributed by atoms with van der Waals surface area (Å²) in [6.07, 6.45) is 0. The fraction of sp³-hybridized carbons (Fsp3) is 0.261. The second-order valence-electron chi connectivity index (χ2n) is 7.11. The fourth-order valence-corrected chi connectivity index (χ4v) is 3.54. The Morgan fingerprint density at radius 1 is 0.935 bits per heavy atom. The van der Waals surface area contributed by atoms with Crippen LogP contribution < -0.4 is 9.64 Å². The Bertz CT molecular complexity index is 1030. The number of anilines is 1. The molecule has 1 saturated heterocycles. The lowest BCUT2D eigenvalue weighted by atomic mass is 10.1. The Morgan fingerprint density at radius 3 is 2.19 bits per heavy atom. The number of amides is 1. The van der Waals surface area contributed by atoms with E-state index in [0.29, 0.717) is 38.6 Å². The molecule has 1 aliphatic heterocycles. The van der Waals surface area contributed by atoms with Gasteiger partial charge in [-0.25, -0.2) is 8.78 Å². The number of rotatable bonds is 5. The van der Waals surface area contributed by atoms with Crippen LogP contribution in [0.1, 0.15) is 17.3 Å². The van der Waals surface area contributed by atoms with Crippen LogP contribution in [-0.2, 0) is 0 Å². The molecule has 0 N–H and O–H groups in total. The van der Waals surface area contributed by atoms with E-state index in [1.54, 1.807) is 0 Å². The van der Waals surface area contributed by atoms with Gasteiger partial charge in [0.05, 0.1) is 12.3 Å². The third kappa shape index (κ3) is 4.47. The molecule has 1 fully saturated rings. The fourth-order valence-electron chi connectivity index (χ4n) is 3.54. The van der Waals surface area contributed by atoms with Gasteiger partial charge in [-0.3, -0.25) is 4.79 Å². The summed E-state index contributed by atoms with van der Waals surface area (Å²) in [5.74, 6) is -0.823. The van der Waals surface area contributed by atoms with Gasteiger partial charge in [0.25, 0.3) is 5.91 Å². The Balaban J connectivity index is 1.39. The average Bonchev–Trinajstić information content (AvgIpc) is 2.80. The third-order valence-corrected chi connectivity index (χ3v) is 5.18. The molecule has 1 aromatic heterocycles. The van der Waals surface area contributed by atoms with Gasteiger partial charge in [-0.1, -0.05) is 6.07 Å². The lowest BCUT2D eigenvalue weighted by molar-refractivity contribution is 0.0736. The predicted octanol–water partition coefficient (Wildman–Crippen LogP) is 3.78. The van der Waals surface area contributed by atoms with E-state index >= 15 is 0 Å². The monoisotopic (exact) mass is 424 g/mol. The highest BCUT2D eigenvalue weighted by molar-refractivity contribution is 5.95. The Hall–Kier alpha value is -3.55. The number of ether oxygens (including phenoxy) is 1. The quantitative estimate of drug-likeness (QED) is 0.624. The summed E-state index contributed by atoms with van der Waals surface area (Å²) in [5, 5.41) is 8.63. The smallest absolute Gasteiger partial charge is 0.259 e. The Morgan fingerprint density at radius 2 is 1.61 bits per heavy atom. The molecule has 0 spiro atoms. The number of piperazine rings is 1. The summed E-state index contributed by atoms with van der Waals surface area (Å²) in [6.45, 7) is 4.23. The maximum absolute atomic E-state index is 13.9. The van der Waals surface area contributed by atoms with Crippen LogP contribution in [0, 0.1) is 11.6 Å². The third-order valence-electron chi connectivity index (χ3n) is 5.18. The molecule has 0 atom stereocenters. The maximum Gasteiger partial charge on any atom is 0.259 e. The summed E-state index contributed by atoms with van der Waals surface area (Å²) in [6, 6.07) is 14.8. The number of benzene rings is 2. The van der Waals surface area contributed by atoms with Crippen LogP contribution in [0.2, 0.25) is 0 Å². The number of nitrogens with zero attached hydrogens (tertiary/aromatic N) is 4. The molecule has 0 saturated carbocycles. The van der Waals surface area contributed by atoms with E-state index in [1.165, 1.54) is 11.0 Å². The summed E-state index contributed by atoms with van der Waals surface area (Å²) >= 11 is 0. The molecule has 0 unspecified atom stereocenters. The molecular formula is C23H22F2N4O2. The Kier molecular flexibility index (Phi) is 6.06. The second-order valence-corrected chi connectivity index (χ2v) is 7.11. The highest BCUT2D eigenvalue weighted by Gasteiger charge is 2.27. The van der Waals surface area contributed by atoms with Crippen LogP contribution in [0.25, 0.3) is 11.3 Å². The molecule has 1 amide bonds. The van der Waals surface area contributed by atoms with Gasteiger partial charge in [-0.15, -0.1) is 10.2 Å². The van der Waals surface area contributed by atoms with Crippen molar-refractivity contribution in [3.05, 3.63) is 71.8 Å². The molecule has 0 radical (unpaired) electrons. The van der Waals surface area contributed by atoms with Crippen molar-refractivity contribution in [2.75, 3.05) is 37.7 Å². The molecule has 2 aromatic carbocycles. The van der Waals surface area contributed by atoms with Crippen LogP contribution in [0.5, 0.6) is 5.75 Å². The SMILES string of the molecule is CCOc1ccc(-c2ccc(N3CCN(C(=O)c4c(F)cccc4F)CC3)nn2)cc1. The first kappa shape index (κ1) is 20.7. The molecule has 31 heavy (non-hydrogen) atoms. The molecule has 2 heterocycles. The lowest BCUT2D eigenvalue weighted by Crippen LogP contribution is -2.49. The van der Waals surface area contributed by atoms with Crippen LogP contribution in [0.4, 0.5) is 14.6 Å². The Labute approximate surface area is 179 Å². The van der Waals surface area contributed by atoms with E-state index in [4.69, 9.17) is 4.74 Å². The molecule has 1 aliphatic rings. The minimum Gasteiger partial charge on any atom is -0.494 e. The molecular weight excluding hydrogens is 402 g/mol. The van der Waals surface area contributed by atoms with E-state index in [-0.39, 0.29) is 0 Å². The molecule has 8 heteroatoms. The lowest BCUT2D eigenvalue weighted by Gasteiger charge is -2.35. The zero-order valence-electron chi connectivity index (χ0n) is 17.1. The zero-order valence-corrected chi connectivity index (χ0v) is 17.1. The van der Waals surface area contributed by atoms with Gasteiger partial charge >= 0.3 is 0 Å².